The monoisotopic (exact) mass is 338 g/mol. The van der Waals surface area contributed by atoms with Crippen LogP contribution in [0.5, 0.6) is 0 Å². The van der Waals surface area contributed by atoms with E-state index < -0.39 is 0 Å². The molecular weight excluding hydrogens is 316 g/mol. The molecule has 25 heavy (non-hydrogen) atoms. The average molecular weight is 338 g/mol. The van der Waals surface area contributed by atoms with Crippen LogP contribution < -0.4 is 10.2 Å². The molecule has 2 aliphatic rings. The van der Waals surface area contributed by atoms with E-state index in [9.17, 15) is 9.59 Å². The molecular formula is C20H22N2O3. The lowest BCUT2D eigenvalue weighted by Crippen LogP contribution is -2.34. The lowest BCUT2D eigenvalue weighted by atomic mass is 10.1. The van der Waals surface area contributed by atoms with E-state index >= 15 is 0 Å². The molecule has 130 valence electrons. The number of anilines is 1. The highest BCUT2D eigenvalue weighted by atomic mass is 16.3. The average Bonchev–Trinajstić information content (AvgIpc) is 3.34. The van der Waals surface area contributed by atoms with Crippen molar-refractivity contribution in [3.63, 3.8) is 0 Å². The van der Waals surface area contributed by atoms with Crippen LogP contribution in [0.2, 0.25) is 0 Å². The summed E-state index contributed by atoms with van der Waals surface area (Å²) in [5.41, 5.74) is 3.64. The van der Waals surface area contributed by atoms with Crippen LogP contribution in [0, 0.1) is 5.92 Å². The molecule has 1 fully saturated rings. The van der Waals surface area contributed by atoms with E-state index in [1.165, 1.54) is 17.5 Å². The molecule has 0 unspecified atom stereocenters. The van der Waals surface area contributed by atoms with Crippen molar-refractivity contribution in [3.8, 4) is 0 Å². The van der Waals surface area contributed by atoms with Gasteiger partial charge in [-0.1, -0.05) is 6.07 Å². The first-order valence-corrected chi connectivity index (χ1v) is 8.88. The normalized spacial score (nSPS) is 20.6. The quantitative estimate of drug-likeness (QED) is 0.932. The van der Waals surface area contributed by atoms with Crippen LogP contribution in [0.25, 0.3) is 0 Å². The largest absolute Gasteiger partial charge is 0.467 e. The van der Waals surface area contributed by atoms with E-state index in [0.29, 0.717) is 12.3 Å². The third-order valence-corrected chi connectivity index (χ3v) is 5.22. The van der Waals surface area contributed by atoms with Gasteiger partial charge < -0.3 is 14.6 Å². The molecule has 0 bridgehead atoms. The number of fused-ring (bicyclic) bond motifs is 1. The number of hydrogen-bond donors (Lipinski definition) is 1. The van der Waals surface area contributed by atoms with Gasteiger partial charge in [-0.25, -0.2) is 0 Å². The molecule has 1 aliphatic heterocycles. The Bertz CT molecular complexity index is 797. The number of furan rings is 1. The molecule has 5 heteroatoms. The van der Waals surface area contributed by atoms with Crippen molar-refractivity contribution >= 4 is 17.5 Å². The van der Waals surface area contributed by atoms with Crippen LogP contribution in [-0.4, -0.2) is 18.4 Å². The Kier molecular flexibility index (Phi) is 4.07. The molecule has 1 aromatic heterocycles. The summed E-state index contributed by atoms with van der Waals surface area (Å²) in [7, 11) is 0. The van der Waals surface area contributed by atoms with Crippen molar-refractivity contribution in [2.75, 3.05) is 11.4 Å². The van der Waals surface area contributed by atoms with Crippen molar-refractivity contribution in [2.24, 2.45) is 5.92 Å². The summed E-state index contributed by atoms with van der Waals surface area (Å²) >= 11 is 0. The van der Waals surface area contributed by atoms with E-state index in [1.54, 1.807) is 17.2 Å². The molecule has 1 N–H and O–H groups in total. The number of aryl methyl sites for hydroxylation is 2. The fraction of sp³-hybridized carbons (Fsp3) is 0.400. The summed E-state index contributed by atoms with van der Waals surface area (Å²) in [5.74, 6) is 0.316. The van der Waals surface area contributed by atoms with Crippen molar-refractivity contribution in [2.45, 2.75) is 38.6 Å². The Balaban J connectivity index is 1.44. The van der Waals surface area contributed by atoms with E-state index in [0.717, 1.165) is 18.5 Å². The predicted molar refractivity (Wildman–Crippen MR) is 94.2 cm³/mol. The van der Waals surface area contributed by atoms with Gasteiger partial charge in [-0.05, 0) is 61.6 Å². The van der Waals surface area contributed by atoms with Gasteiger partial charge >= 0.3 is 0 Å². The fourth-order valence-corrected chi connectivity index (χ4v) is 3.80. The molecule has 0 spiro atoms. The smallest absolute Gasteiger partial charge is 0.227 e. The maximum absolute atomic E-state index is 12.5. The van der Waals surface area contributed by atoms with Gasteiger partial charge in [0.15, 0.2) is 0 Å². The molecule has 2 atom stereocenters. The van der Waals surface area contributed by atoms with Crippen molar-refractivity contribution in [3.05, 3.63) is 53.5 Å². The zero-order valence-corrected chi connectivity index (χ0v) is 14.3. The van der Waals surface area contributed by atoms with Gasteiger partial charge in [-0.3, -0.25) is 9.59 Å². The molecule has 0 saturated carbocycles. The Morgan fingerprint density at radius 3 is 2.92 bits per heavy atom. The van der Waals surface area contributed by atoms with Crippen LogP contribution in [0.3, 0.4) is 0 Å². The number of amides is 2. The number of nitrogens with one attached hydrogen (secondary N) is 1. The van der Waals surface area contributed by atoms with Gasteiger partial charge in [0.05, 0.1) is 18.2 Å². The Morgan fingerprint density at radius 1 is 1.28 bits per heavy atom. The lowest BCUT2D eigenvalue weighted by Gasteiger charge is -2.18. The molecule has 5 nitrogen and oxygen atoms in total. The minimum absolute atomic E-state index is 0.0174. The van der Waals surface area contributed by atoms with Crippen LogP contribution in [0.15, 0.2) is 41.0 Å². The Morgan fingerprint density at radius 2 is 2.12 bits per heavy atom. The molecule has 2 amide bonds. The highest BCUT2D eigenvalue weighted by molar-refractivity contribution is 6.00. The highest BCUT2D eigenvalue weighted by Gasteiger charge is 2.36. The lowest BCUT2D eigenvalue weighted by molar-refractivity contribution is -0.127. The zero-order valence-electron chi connectivity index (χ0n) is 14.3. The molecule has 4 rings (SSSR count). The van der Waals surface area contributed by atoms with Gasteiger partial charge in [0, 0.05) is 18.7 Å². The predicted octanol–water partition coefficient (Wildman–Crippen LogP) is 3.00. The van der Waals surface area contributed by atoms with E-state index in [2.05, 4.69) is 17.4 Å². The number of carbonyl (C=O) groups is 2. The second kappa shape index (κ2) is 6.39. The minimum atomic E-state index is -0.321. The number of carbonyl (C=O) groups excluding carboxylic acids is 2. The Hall–Kier alpha value is -2.56. The first kappa shape index (κ1) is 15.9. The molecule has 2 heterocycles. The van der Waals surface area contributed by atoms with Gasteiger partial charge in [0.25, 0.3) is 0 Å². The second-order valence-corrected chi connectivity index (χ2v) is 6.96. The standard InChI is InChI=1S/C20H22N2O3/c1-13(18-6-3-9-25-18)21-20(24)16-11-19(23)22(12-16)17-8-7-14-4-2-5-15(14)10-17/h3,6-10,13,16H,2,4-5,11-12H2,1H3,(H,21,24)/t13-,16-/m1/s1. The summed E-state index contributed by atoms with van der Waals surface area (Å²) in [6.45, 7) is 2.32. The van der Waals surface area contributed by atoms with Crippen LogP contribution in [0.4, 0.5) is 5.69 Å². The van der Waals surface area contributed by atoms with Gasteiger partial charge in [-0.2, -0.15) is 0 Å². The third-order valence-electron chi connectivity index (χ3n) is 5.22. The molecule has 2 aromatic rings. The molecule has 0 radical (unpaired) electrons. The summed E-state index contributed by atoms with van der Waals surface area (Å²) in [6, 6.07) is 9.68. The Labute approximate surface area is 147 Å². The van der Waals surface area contributed by atoms with E-state index in [4.69, 9.17) is 4.42 Å². The summed E-state index contributed by atoms with van der Waals surface area (Å²) < 4.78 is 5.32. The number of hydrogen-bond acceptors (Lipinski definition) is 3. The molecule has 1 aliphatic carbocycles. The fourth-order valence-electron chi connectivity index (χ4n) is 3.80. The summed E-state index contributed by atoms with van der Waals surface area (Å²) in [4.78, 5) is 26.7. The van der Waals surface area contributed by atoms with Crippen molar-refractivity contribution in [1.29, 1.82) is 0 Å². The van der Waals surface area contributed by atoms with E-state index in [1.807, 2.05) is 19.1 Å². The van der Waals surface area contributed by atoms with Crippen LogP contribution >= 0.6 is 0 Å². The number of nitrogens with zero attached hydrogens (tertiary/aromatic N) is 1. The molecule has 1 saturated heterocycles. The third kappa shape index (κ3) is 3.06. The van der Waals surface area contributed by atoms with Gasteiger partial charge in [0.1, 0.15) is 5.76 Å². The van der Waals surface area contributed by atoms with Crippen LogP contribution in [-0.2, 0) is 22.4 Å². The summed E-state index contributed by atoms with van der Waals surface area (Å²) in [5, 5.41) is 2.95. The van der Waals surface area contributed by atoms with Crippen LogP contribution in [0.1, 0.15) is 42.7 Å². The first-order chi connectivity index (χ1) is 12.1. The zero-order chi connectivity index (χ0) is 17.4. The maximum atomic E-state index is 12.5. The first-order valence-electron chi connectivity index (χ1n) is 8.88. The van der Waals surface area contributed by atoms with Gasteiger partial charge in [-0.15, -0.1) is 0 Å². The van der Waals surface area contributed by atoms with E-state index in [-0.39, 0.29) is 30.2 Å². The van der Waals surface area contributed by atoms with Gasteiger partial charge in [0.2, 0.25) is 11.8 Å². The van der Waals surface area contributed by atoms with Crippen molar-refractivity contribution < 1.29 is 14.0 Å². The second-order valence-electron chi connectivity index (χ2n) is 6.96. The number of rotatable bonds is 4. The summed E-state index contributed by atoms with van der Waals surface area (Å²) in [6.07, 6.45) is 5.23. The SMILES string of the molecule is C[C@@H](NC(=O)[C@@H]1CC(=O)N(c2ccc3c(c2)CCC3)C1)c1ccco1. The van der Waals surface area contributed by atoms with Crippen molar-refractivity contribution in [1.82, 2.24) is 5.32 Å². The number of benzene rings is 1. The molecule has 1 aromatic carbocycles. The maximum Gasteiger partial charge on any atom is 0.227 e. The minimum Gasteiger partial charge on any atom is -0.467 e. The topological polar surface area (TPSA) is 62.6 Å². The highest BCUT2D eigenvalue weighted by Crippen LogP contribution is 2.30.